The van der Waals surface area contributed by atoms with Gasteiger partial charge in [0.15, 0.2) is 5.17 Å². The molecule has 0 spiro atoms. The number of nitrogens with zero attached hydrogens (tertiary/aromatic N) is 3. The van der Waals surface area contributed by atoms with Crippen molar-refractivity contribution in [2.45, 2.75) is 25.5 Å². The van der Waals surface area contributed by atoms with E-state index in [4.69, 9.17) is 14.5 Å². The lowest BCUT2D eigenvalue weighted by molar-refractivity contribution is -0.384. The fourth-order valence-electron chi connectivity index (χ4n) is 3.46. The number of thioether (sulfide) groups is 1. The second kappa shape index (κ2) is 11.1. The number of para-hydroxylation sites is 1. The summed E-state index contributed by atoms with van der Waals surface area (Å²) in [5, 5.41) is 13.7. The molecule has 1 aliphatic heterocycles. The number of carbonyl (C=O) groups is 2. The Bertz CT molecular complexity index is 1120. The Morgan fingerprint density at radius 1 is 1.24 bits per heavy atom. The fourth-order valence-corrected chi connectivity index (χ4v) is 4.63. The molecule has 1 fully saturated rings. The van der Waals surface area contributed by atoms with E-state index in [9.17, 15) is 19.7 Å². The molecule has 0 aliphatic carbocycles. The zero-order valence-electron chi connectivity index (χ0n) is 19.4. The minimum absolute atomic E-state index is 0.0342. The number of anilines is 1. The molecule has 180 valence electrons. The van der Waals surface area contributed by atoms with E-state index < -0.39 is 16.1 Å². The first-order valence-electron chi connectivity index (χ1n) is 10.5. The summed E-state index contributed by atoms with van der Waals surface area (Å²) in [6, 6.07) is 9.97. The highest BCUT2D eigenvalue weighted by Gasteiger charge is 2.39. The summed E-state index contributed by atoms with van der Waals surface area (Å²) in [6.45, 7) is 4.50. The van der Waals surface area contributed by atoms with Gasteiger partial charge in [0, 0.05) is 13.5 Å². The lowest BCUT2D eigenvalue weighted by Crippen LogP contribution is -2.35. The Hall–Kier alpha value is -3.44. The lowest BCUT2D eigenvalue weighted by Gasteiger charge is -2.16. The standard InChI is InChI=1S/C23H26N4O6S/c1-14-6-5-7-15(2)21(14)25-23-26(10-11-32-3)22(29)19(34-23)13-20(28)24-17-9-8-16(33-4)12-18(17)27(30)31/h5-9,12,19H,10-11,13H2,1-4H3,(H,24,28). The minimum Gasteiger partial charge on any atom is -0.496 e. The van der Waals surface area contributed by atoms with E-state index in [-0.39, 0.29) is 23.7 Å². The number of rotatable bonds is 9. The number of aryl methyl sites for hydroxylation is 2. The van der Waals surface area contributed by atoms with Crippen molar-refractivity contribution < 1.29 is 24.0 Å². The van der Waals surface area contributed by atoms with Crippen LogP contribution in [-0.2, 0) is 14.3 Å². The number of carbonyl (C=O) groups excluding carboxylic acids is 2. The summed E-state index contributed by atoms with van der Waals surface area (Å²) in [5.41, 5.74) is 2.46. The predicted octanol–water partition coefficient (Wildman–Crippen LogP) is 3.83. The maximum absolute atomic E-state index is 13.1. The number of nitrogens with one attached hydrogen (secondary N) is 1. The maximum Gasteiger partial charge on any atom is 0.296 e. The van der Waals surface area contributed by atoms with E-state index >= 15 is 0 Å². The molecule has 2 aromatic rings. The molecule has 34 heavy (non-hydrogen) atoms. The fraction of sp³-hybridized carbons (Fsp3) is 0.348. The zero-order valence-corrected chi connectivity index (χ0v) is 20.2. The Morgan fingerprint density at radius 3 is 2.56 bits per heavy atom. The van der Waals surface area contributed by atoms with Crippen LogP contribution in [-0.4, -0.2) is 59.4 Å². The van der Waals surface area contributed by atoms with Crippen LogP contribution in [0.1, 0.15) is 17.5 Å². The molecule has 11 heteroatoms. The molecule has 0 radical (unpaired) electrons. The number of amidine groups is 1. The van der Waals surface area contributed by atoms with Crippen molar-refractivity contribution in [2.24, 2.45) is 4.99 Å². The number of nitro groups is 1. The molecule has 0 saturated carbocycles. The van der Waals surface area contributed by atoms with E-state index in [1.54, 1.807) is 7.11 Å². The smallest absolute Gasteiger partial charge is 0.296 e. The molecule has 0 bridgehead atoms. The van der Waals surface area contributed by atoms with E-state index in [2.05, 4.69) is 5.32 Å². The summed E-state index contributed by atoms with van der Waals surface area (Å²) >= 11 is 1.20. The van der Waals surface area contributed by atoms with Crippen LogP contribution >= 0.6 is 11.8 Å². The average Bonchev–Trinajstić information content (AvgIpc) is 3.08. The van der Waals surface area contributed by atoms with Gasteiger partial charge in [0.05, 0.1) is 36.9 Å². The Morgan fingerprint density at radius 2 is 1.94 bits per heavy atom. The van der Waals surface area contributed by atoms with E-state index in [0.29, 0.717) is 24.1 Å². The van der Waals surface area contributed by atoms with Gasteiger partial charge in [-0.15, -0.1) is 0 Å². The summed E-state index contributed by atoms with van der Waals surface area (Å²) in [7, 11) is 2.94. The maximum atomic E-state index is 13.1. The molecule has 1 atom stereocenters. The quantitative estimate of drug-likeness (QED) is 0.422. The number of hydrogen-bond acceptors (Lipinski definition) is 8. The first-order valence-corrected chi connectivity index (χ1v) is 11.4. The topological polar surface area (TPSA) is 123 Å². The average molecular weight is 487 g/mol. The lowest BCUT2D eigenvalue weighted by atomic mass is 10.1. The molecule has 2 aromatic carbocycles. The van der Waals surface area contributed by atoms with Gasteiger partial charge in [-0.05, 0) is 37.1 Å². The Balaban J connectivity index is 1.81. The third kappa shape index (κ3) is 5.72. The second-order valence-corrected chi connectivity index (χ2v) is 8.79. The molecular formula is C23H26N4O6S. The summed E-state index contributed by atoms with van der Waals surface area (Å²) in [4.78, 5) is 42.9. The number of aliphatic imine (C=N–C) groups is 1. The largest absolute Gasteiger partial charge is 0.496 e. The van der Waals surface area contributed by atoms with Crippen LogP contribution in [0, 0.1) is 24.0 Å². The van der Waals surface area contributed by atoms with E-state index in [1.807, 2.05) is 32.0 Å². The molecule has 2 amide bonds. The first-order chi connectivity index (χ1) is 16.2. The van der Waals surface area contributed by atoms with Crippen LogP contribution in [0.25, 0.3) is 0 Å². The van der Waals surface area contributed by atoms with Crippen molar-refractivity contribution in [1.82, 2.24) is 4.90 Å². The third-order valence-electron chi connectivity index (χ3n) is 5.23. The van der Waals surface area contributed by atoms with Gasteiger partial charge in [0.1, 0.15) is 16.7 Å². The van der Waals surface area contributed by atoms with Crippen molar-refractivity contribution in [3.8, 4) is 5.75 Å². The summed E-state index contributed by atoms with van der Waals surface area (Å²) in [5.74, 6) is -0.474. The molecule has 1 heterocycles. The first kappa shape index (κ1) is 25.2. The van der Waals surface area contributed by atoms with Gasteiger partial charge >= 0.3 is 0 Å². The Kier molecular flexibility index (Phi) is 8.24. The van der Waals surface area contributed by atoms with Crippen LogP contribution in [0.3, 0.4) is 0 Å². The number of hydrogen-bond donors (Lipinski definition) is 1. The highest BCUT2D eigenvalue weighted by atomic mass is 32.2. The van der Waals surface area contributed by atoms with Gasteiger partial charge in [0.2, 0.25) is 11.8 Å². The van der Waals surface area contributed by atoms with Crippen molar-refractivity contribution in [3.05, 3.63) is 57.6 Å². The SMILES string of the molecule is COCCN1C(=O)C(CC(=O)Nc2ccc(OC)cc2[N+](=O)[O-])SC1=Nc1c(C)cccc1C. The summed E-state index contributed by atoms with van der Waals surface area (Å²) < 4.78 is 10.2. The number of ether oxygens (including phenoxy) is 2. The van der Waals surface area contributed by atoms with Crippen molar-refractivity contribution in [2.75, 3.05) is 32.7 Å². The van der Waals surface area contributed by atoms with Crippen molar-refractivity contribution >= 4 is 45.8 Å². The highest BCUT2D eigenvalue weighted by Crippen LogP contribution is 2.34. The predicted molar refractivity (Wildman–Crippen MR) is 131 cm³/mol. The van der Waals surface area contributed by atoms with Gasteiger partial charge in [-0.1, -0.05) is 30.0 Å². The van der Waals surface area contributed by atoms with Crippen LogP contribution in [0.15, 0.2) is 41.4 Å². The molecule has 0 aromatic heterocycles. The molecule has 1 aliphatic rings. The van der Waals surface area contributed by atoms with Gasteiger partial charge in [-0.3, -0.25) is 24.6 Å². The van der Waals surface area contributed by atoms with Crippen LogP contribution < -0.4 is 10.1 Å². The van der Waals surface area contributed by atoms with Crippen molar-refractivity contribution in [1.29, 1.82) is 0 Å². The monoisotopic (exact) mass is 486 g/mol. The number of nitro benzene ring substituents is 1. The summed E-state index contributed by atoms with van der Waals surface area (Å²) in [6.07, 6.45) is -0.165. The number of amides is 2. The number of benzene rings is 2. The van der Waals surface area contributed by atoms with E-state index in [0.717, 1.165) is 16.8 Å². The van der Waals surface area contributed by atoms with Gasteiger partial charge in [-0.25, -0.2) is 4.99 Å². The molecule has 10 nitrogen and oxygen atoms in total. The minimum atomic E-state index is -0.711. The molecular weight excluding hydrogens is 460 g/mol. The van der Waals surface area contributed by atoms with Crippen molar-refractivity contribution in [3.63, 3.8) is 0 Å². The van der Waals surface area contributed by atoms with Gasteiger partial charge in [0.25, 0.3) is 5.69 Å². The van der Waals surface area contributed by atoms with Gasteiger partial charge in [-0.2, -0.15) is 0 Å². The van der Waals surface area contributed by atoms with Crippen LogP contribution in [0.5, 0.6) is 5.75 Å². The van der Waals surface area contributed by atoms with Crippen LogP contribution in [0.4, 0.5) is 17.1 Å². The van der Waals surface area contributed by atoms with Crippen LogP contribution in [0.2, 0.25) is 0 Å². The molecule has 1 unspecified atom stereocenters. The van der Waals surface area contributed by atoms with Gasteiger partial charge < -0.3 is 14.8 Å². The second-order valence-electron chi connectivity index (χ2n) is 7.62. The number of methoxy groups -OCH3 is 2. The zero-order chi connectivity index (χ0) is 24.8. The van der Waals surface area contributed by atoms with E-state index in [1.165, 1.54) is 42.0 Å². The molecule has 1 N–H and O–H groups in total. The normalized spacial score (nSPS) is 16.7. The Labute approximate surface area is 201 Å². The third-order valence-corrected chi connectivity index (χ3v) is 6.41. The highest BCUT2D eigenvalue weighted by molar-refractivity contribution is 8.15. The molecule has 1 saturated heterocycles. The molecule has 3 rings (SSSR count).